The molecule has 16 heavy (non-hydrogen) atoms. The normalized spacial score (nSPS) is 14.8. The Balaban J connectivity index is 2.92. The SMILES string of the molecule is CCOC(O)C(Br)c1nc(SC)ncc1C. The number of thioether (sulfide) groups is 1. The highest BCUT2D eigenvalue weighted by Crippen LogP contribution is 2.28. The monoisotopic (exact) mass is 306 g/mol. The Labute approximate surface area is 108 Å². The first kappa shape index (κ1) is 13.9. The van der Waals surface area contributed by atoms with Gasteiger partial charge in [-0.1, -0.05) is 27.7 Å². The predicted octanol–water partition coefficient (Wildman–Crippen LogP) is 2.30. The highest BCUT2D eigenvalue weighted by molar-refractivity contribution is 9.09. The summed E-state index contributed by atoms with van der Waals surface area (Å²) in [5.74, 6) is 0. The summed E-state index contributed by atoms with van der Waals surface area (Å²) in [7, 11) is 0. The van der Waals surface area contributed by atoms with Gasteiger partial charge in [-0.15, -0.1) is 0 Å². The molecule has 6 heteroatoms. The number of aliphatic hydroxyl groups is 1. The molecule has 0 saturated heterocycles. The van der Waals surface area contributed by atoms with Gasteiger partial charge in [0.05, 0.1) is 5.69 Å². The number of aliphatic hydroxyl groups excluding tert-OH is 1. The number of aryl methyl sites for hydroxylation is 1. The minimum absolute atomic E-state index is 0.332. The van der Waals surface area contributed by atoms with Crippen LogP contribution in [0.5, 0.6) is 0 Å². The van der Waals surface area contributed by atoms with Crippen molar-refractivity contribution in [3.63, 3.8) is 0 Å². The van der Waals surface area contributed by atoms with Crippen molar-refractivity contribution in [3.8, 4) is 0 Å². The van der Waals surface area contributed by atoms with Crippen molar-refractivity contribution in [2.24, 2.45) is 0 Å². The third-order valence-electron chi connectivity index (χ3n) is 2.02. The second kappa shape index (κ2) is 6.54. The molecule has 2 atom stereocenters. The topological polar surface area (TPSA) is 55.2 Å². The van der Waals surface area contributed by atoms with Gasteiger partial charge in [-0.2, -0.15) is 0 Å². The Morgan fingerprint density at radius 3 is 2.88 bits per heavy atom. The van der Waals surface area contributed by atoms with Crippen LogP contribution in [0.25, 0.3) is 0 Å². The Morgan fingerprint density at radius 2 is 2.31 bits per heavy atom. The second-order valence-corrected chi connectivity index (χ2v) is 4.93. The van der Waals surface area contributed by atoms with E-state index in [1.165, 1.54) is 11.8 Å². The van der Waals surface area contributed by atoms with Gasteiger partial charge < -0.3 is 9.84 Å². The number of aromatic nitrogens is 2. The van der Waals surface area contributed by atoms with Crippen LogP contribution in [0, 0.1) is 6.92 Å². The lowest BCUT2D eigenvalue weighted by molar-refractivity contribution is -0.0942. The predicted molar refractivity (Wildman–Crippen MR) is 67.9 cm³/mol. The molecular formula is C10H15BrN2O2S. The molecule has 2 unspecified atom stereocenters. The summed E-state index contributed by atoms with van der Waals surface area (Å²) >= 11 is 4.86. The smallest absolute Gasteiger partial charge is 0.187 e. The molecule has 0 saturated carbocycles. The Bertz CT molecular complexity index is 352. The van der Waals surface area contributed by atoms with Gasteiger partial charge in [-0.05, 0) is 25.7 Å². The summed E-state index contributed by atoms with van der Waals surface area (Å²) in [6.45, 7) is 4.21. The highest BCUT2D eigenvalue weighted by atomic mass is 79.9. The lowest BCUT2D eigenvalue weighted by Crippen LogP contribution is -2.19. The molecule has 0 bridgehead atoms. The third-order valence-corrected chi connectivity index (χ3v) is 3.47. The first-order valence-corrected chi connectivity index (χ1v) is 7.05. The maximum Gasteiger partial charge on any atom is 0.187 e. The summed E-state index contributed by atoms with van der Waals surface area (Å²) in [6, 6.07) is 0. The second-order valence-electron chi connectivity index (χ2n) is 3.17. The maximum atomic E-state index is 9.72. The van der Waals surface area contributed by atoms with Crippen molar-refractivity contribution in [2.45, 2.75) is 30.1 Å². The van der Waals surface area contributed by atoms with E-state index in [4.69, 9.17) is 4.74 Å². The van der Waals surface area contributed by atoms with Crippen molar-refractivity contribution >= 4 is 27.7 Å². The molecule has 0 aliphatic rings. The zero-order valence-corrected chi connectivity index (χ0v) is 11.9. The minimum Gasteiger partial charge on any atom is -0.367 e. The fourth-order valence-corrected chi connectivity index (χ4v) is 2.17. The van der Waals surface area contributed by atoms with Crippen LogP contribution in [0.1, 0.15) is 23.0 Å². The summed E-state index contributed by atoms with van der Waals surface area (Å²) in [5.41, 5.74) is 1.69. The molecule has 1 rings (SSSR count). The van der Waals surface area contributed by atoms with E-state index >= 15 is 0 Å². The molecule has 4 nitrogen and oxygen atoms in total. The minimum atomic E-state index is -0.895. The lowest BCUT2D eigenvalue weighted by atomic mass is 10.2. The molecule has 0 spiro atoms. The third kappa shape index (κ3) is 3.41. The van der Waals surface area contributed by atoms with E-state index in [-0.39, 0.29) is 4.83 Å². The van der Waals surface area contributed by atoms with Crippen molar-refractivity contribution in [1.82, 2.24) is 9.97 Å². The molecule has 0 aliphatic heterocycles. The average Bonchev–Trinajstić information content (AvgIpc) is 2.29. The molecule has 0 fully saturated rings. The maximum absolute atomic E-state index is 9.72. The number of rotatable bonds is 5. The standard InChI is InChI=1S/C10H15BrN2O2S/c1-4-15-9(14)7(11)8-6(2)5-12-10(13-8)16-3/h5,7,9,14H,4H2,1-3H3. The van der Waals surface area contributed by atoms with Crippen molar-refractivity contribution in [3.05, 3.63) is 17.5 Å². The fraction of sp³-hybridized carbons (Fsp3) is 0.600. The van der Waals surface area contributed by atoms with Gasteiger partial charge in [-0.25, -0.2) is 9.97 Å². The van der Waals surface area contributed by atoms with Crippen LogP contribution in [0.15, 0.2) is 11.4 Å². The van der Waals surface area contributed by atoms with Gasteiger partial charge in [0, 0.05) is 12.8 Å². The van der Waals surface area contributed by atoms with Crippen molar-refractivity contribution in [1.29, 1.82) is 0 Å². The fourth-order valence-electron chi connectivity index (χ4n) is 1.21. The molecule has 0 aliphatic carbocycles. The number of alkyl halides is 1. The van der Waals surface area contributed by atoms with Gasteiger partial charge in [-0.3, -0.25) is 0 Å². The molecule has 1 heterocycles. The van der Waals surface area contributed by atoms with Crippen LogP contribution in [0.2, 0.25) is 0 Å². The molecule has 0 radical (unpaired) electrons. The summed E-state index contributed by atoms with van der Waals surface area (Å²) in [4.78, 5) is 8.18. The molecule has 1 N–H and O–H groups in total. The van der Waals surface area contributed by atoms with E-state index < -0.39 is 6.29 Å². The van der Waals surface area contributed by atoms with Gasteiger partial charge >= 0.3 is 0 Å². The zero-order valence-electron chi connectivity index (χ0n) is 9.48. The summed E-state index contributed by atoms with van der Waals surface area (Å²) < 4.78 is 5.13. The Kier molecular flexibility index (Phi) is 5.68. The summed E-state index contributed by atoms with van der Waals surface area (Å²) in [6.07, 6.45) is 2.77. The van der Waals surface area contributed by atoms with Crippen molar-refractivity contribution < 1.29 is 9.84 Å². The number of halogens is 1. The van der Waals surface area contributed by atoms with Gasteiger partial charge in [0.2, 0.25) is 0 Å². The van der Waals surface area contributed by atoms with Crippen LogP contribution in [0.3, 0.4) is 0 Å². The Morgan fingerprint density at radius 1 is 1.62 bits per heavy atom. The van der Waals surface area contributed by atoms with Crippen LogP contribution in [0.4, 0.5) is 0 Å². The van der Waals surface area contributed by atoms with E-state index in [9.17, 15) is 5.11 Å². The van der Waals surface area contributed by atoms with Gasteiger partial charge in [0.25, 0.3) is 0 Å². The number of ether oxygens (including phenoxy) is 1. The van der Waals surface area contributed by atoms with Crippen LogP contribution >= 0.6 is 27.7 Å². The molecular weight excluding hydrogens is 292 g/mol. The van der Waals surface area contributed by atoms with Crippen molar-refractivity contribution in [2.75, 3.05) is 12.9 Å². The van der Waals surface area contributed by atoms with E-state index in [0.717, 1.165) is 11.3 Å². The molecule has 1 aromatic rings. The Hall–Kier alpha value is -0.170. The number of hydrogen-bond donors (Lipinski definition) is 1. The first-order valence-electron chi connectivity index (χ1n) is 4.91. The lowest BCUT2D eigenvalue weighted by Gasteiger charge is -2.18. The largest absolute Gasteiger partial charge is 0.367 e. The van der Waals surface area contributed by atoms with Gasteiger partial charge in [0.1, 0.15) is 4.83 Å². The number of nitrogens with zero attached hydrogens (tertiary/aromatic N) is 2. The van der Waals surface area contributed by atoms with E-state index in [2.05, 4.69) is 25.9 Å². The number of hydrogen-bond acceptors (Lipinski definition) is 5. The molecule has 0 amide bonds. The molecule has 0 aromatic carbocycles. The van der Waals surface area contributed by atoms with Crippen LogP contribution < -0.4 is 0 Å². The van der Waals surface area contributed by atoms with Crippen LogP contribution in [-0.2, 0) is 4.74 Å². The van der Waals surface area contributed by atoms with Gasteiger partial charge in [0.15, 0.2) is 11.4 Å². The first-order chi connectivity index (χ1) is 7.60. The molecule has 90 valence electrons. The molecule has 1 aromatic heterocycles. The van der Waals surface area contributed by atoms with E-state index in [0.29, 0.717) is 11.8 Å². The van der Waals surface area contributed by atoms with E-state index in [1.807, 2.05) is 20.1 Å². The average molecular weight is 307 g/mol. The van der Waals surface area contributed by atoms with Crippen LogP contribution in [-0.4, -0.2) is 34.2 Å². The van der Waals surface area contributed by atoms with E-state index in [1.54, 1.807) is 6.20 Å². The highest BCUT2D eigenvalue weighted by Gasteiger charge is 2.22. The zero-order chi connectivity index (χ0) is 12.1. The quantitative estimate of drug-likeness (QED) is 0.391. The summed E-state index contributed by atoms with van der Waals surface area (Å²) in [5, 5.41) is 10.4.